The summed E-state index contributed by atoms with van der Waals surface area (Å²) in [7, 11) is 0. The number of hydrogen-bond donors (Lipinski definition) is 1. The van der Waals surface area contributed by atoms with Crippen molar-refractivity contribution < 1.29 is 9.53 Å². The number of rotatable bonds is 8. The molecule has 0 aliphatic carbocycles. The highest BCUT2D eigenvalue weighted by molar-refractivity contribution is 7.18. The van der Waals surface area contributed by atoms with Crippen molar-refractivity contribution in [2.24, 2.45) is 0 Å². The minimum Gasteiger partial charge on any atom is -0.483 e. The molecule has 1 N–H and O–H groups in total. The molecule has 174 valence electrons. The minimum atomic E-state index is -0.254. The number of aromatic nitrogens is 3. The Hall–Kier alpha value is -3.78. The van der Waals surface area contributed by atoms with Crippen molar-refractivity contribution in [3.63, 3.8) is 0 Å². The quantitative estimate of drug-likeness (QED) is 0.415. The predicted molar refractivity (Wildman–Crippen MR) is 134 cm³/mol. The molecule has 0 bridgehead atoms. The zero-order chi connectivity index (χ0) is 24.1. The number of aryl methyl sites for hydroxylation is 3. The molecule has 34 heavy (non-hydrogen) atoms. The summed E-state index contributed by atoms with van der Waals surface area (Å²) in [4.78, 5) is 30.1. The molecular formula is C26H26N4O3S. The van der Waals surface area contributed by atoms with Crippen LogP contribution in [0.3, 0.4) is 0 Å². The van der Waals surface area contributed by atoms with Crippen molar-refractivity contribution in [1.29, 1.82) is 0 Å². The first-order chi connectivity index (χ1) is 16.4. The van der Waals surface area contributed by atoms with Crippen LogP contribution in [-0.4, -0.2) is 33.8 Å². The van der Waals surface area contributed by atoms with Crippen molar-refractivity contribution in [2.45, 2.75) is 27.3 Å². The molecule has 7 nitrogen and oxygen atoms in total. The zero-order valence-corrected chi connectivity index (χ0v) is 20.2. The van der Waals surface area contributed by atoms with Crippen LogP contribution < -0.4 is 15.6 Å². The molecule has 2 aromatic heterocycles. The van der Waals surface area contributed by atoms with Gasteiger partial charge in [-0.2, -0.15) is 5.10 Å². The number of benzene rings is 2. The smallest absolute Gasteiger partial charge is 0.266 e. The van der Waals surface area contributed by atoms with Gasteiger partial charge in [0.1, 0.15) is 16.5 Å². The van der Waals surface area contributed by atoms with Crippen LogP contribution in [0.2, 0.25) is 0 Å². The molecule has 0 saturated carbocycles. The van der Waals surface area contributed by atoms with E-state index in [1.165, 1.54) is 10.7 Å². The summed E-state index contributed by atoms with van der Waals surface area (Å²) in [6.07, 6.45) is 0. The molecule has 1 amide bonds. The lowest BCUT2D eigenvalue weighted by Crippen LogP contribution is -2.34. The van der Waals surface area contributed by atoms with Crippen LogP contribution >= 0.6 is 11.3 Å². The number of nitrogens with zero attached hydrogens (tertiary/aromatic N) is 3. The molecule has 2 heterocycles. The van der Waals surface area contributed by atoms with E-state index in [4.69, 9.17) is 4.74 Å². The third kappa shape index (κ3) is 5.58. The Morgan fingerprint density at radius 2 is 1.85 bits per heavy atom. The van der Waals surface area contributed by atoms with Gasteiger partial charge in [-0.3, -0.25) is 9.59 Å². The molecule has 4 rings (SSSR count). The Balaban J connectivity index is 1.38. The van der Waals surface area contributed by atoms with Gasteiger partial charge in [0.25, 0.3) is 11.5 Å². The fourth-order valence-electron chi connectivity index (χ4n) is 3.43. The summed E-state index contributed by atoms with van der Waals surface area (Å²) in [6.45, 7) is 6.28. The van der Waals surface area contributed by atoms with Crippen LogP contribution in [0.25, 0.3) is 21.1 Å². The van der Waals surface area contributed by atoms with Crippen LogP contribution in [0.1, 0.15) is 16.8 Å². The predicted octanol–water partition coefficient (Wildman–Crippen LogP) is 4.15. The highest BCUT2D eigenvalue weighted by atomic mass is 32.1. The van der Waals surface area contributed by atoms with Gasteiger partial charge in [0.2, 0.25) is 0 Å². The summed E-state index contributed by atoms with van der Waals surface area (Å²) in [6, 6.07) is 19.0. The third-order valence-electron chi connectivity index (χ3n) is 5.26. The number of carbonyl (C=O) groups excluding carboxylic acids is 1. The van der Waals surface area contributed by atoms with Gasteiger partial charge in [-0.15, -0.1) is 11.3 Å². The van der Waals surface area contributed by atoms with E-state index in [0.29, 0.717) is 11.4 Å². The highest BCUT2D eigenvalue weighted by Gasteiger charge is 2.14. The van der Waals surface area contributed by atoms with Gasteiger partial charge in [-0.25, -0.2) is 9.67 Å². The molecule has 0 unspecified atom stereocenters. The molecule has 0 saturated heterocycles. The minimum absolute atomic E-state index is 0.0883. The van der Waals surface area contributed by atoms with Crippen molar-refractivity contribution in [3.05, 3.63) is 87.8 Å². The maximum absolute atomic E-state index is 12.3. The van der Waals surface area contributed by atoms with Crippen LogP contribution in [0.15, 0.2) is 65.5 Å². The first-order valence-electron chi connectivity index (χ1n) is 11.0. The second-order valence-electron chi connectivity index (χ2n) is 7.99. The molecule has 4 aromatic rings. The first-order valence-corrected chi connectivity index (χ1v) is 11.8. The largest absolute Gasteiger partial charge is 0.483 e. The first kappa shape index (κ1) is 23.4. The number of carbonyl (C=O) groups is 1. The third-order valence-corrected chi connectivity index (χ3v) is 6.49. The second kappa shape index (κ2) is 10.4. The molecule has 0 aliphatic heterocycles. The normalized spacial score (nSPS) is 10.8. The van der Waals surface area contributed by atoms with E-state index >= 15 is 0 Å². The summed E-state index contributed by atoms with van der Waals surface area (Å²) < 4.78 is 7.00. The maximum atomic E-state index is 12.3. The molecule has 0 aliphatic rings. The van der Waals surface area contributed by atoms with Crippen LogP contribution in [-0.2, 0) is 11.3 Å². The lowest BCUT2D eigenvalue weighted by Gasteiger charge is -2.11. The Morgan fingerprint density at radius 1 is 1.06 bits per heavy atom. The van der Waals surface area contributed by atoms with Crippen molar-refractivity contribution in [1.82, 2.24) is 20.1 Å². The SMILES string of the molecule is Cc1ccc(C)c(OCC(=O)NCCn2nc(-c3sc(-c4ccccc4)nc3C)ccc2=O)c1. The van der Waals surface area contributed by atoms with Crippen molar-refractivity contribution >= 4 is 17.2 Å². The van der Waals surface area contributed by atoms with E-state index < -0.39 is 0 Å². The molecule has 8 heteroatoms. The second-order valence-corrected chi connectivity index (χ2v) is 8.99. The summed E-state index contributed by atoms with van der Waals surface area (Å²) in [5.41, 5.74) is 4.40. The van der Waals surface area contributed by atoms with E-state index in [-0.39, 0.29) is 31.2 Å². The molecule has 0 radical (unpaired) electrons. The zero-order valence-electron chi connectivity index (χ0n) is 19.4. The van der Waals surface area contributed by atoms with Crippen molar-refractivity contribution in [2.75, 3.05) is 13.2 Å². The van der Waals surface area contributed by atoms with E-state index in [1.807, 2.05) is 69.3 Å². The number of thiazole rings is 1. The summed E-state index contributed by atoms with van der Waals surface area (Å²) in [5.74, 6) is 0.437. The fourth-order valence-corrected chi connectivity index (χ4v) is 4.46. The molecular weight excluding hydrogens is 448 g/mol. The van der Waals surface area contributed by atoms with Gasteiger partial charge in [0, 0.05) is 18.2 Å². The monoisotopic (exact) mass is 474 g/mol. The van der Waals surface area contributed by atoms with Gasteiger partial charge in [0.15, 0.2) is 6.61 Å². The van der Waals surface area contributed by atoms with Gasteiger partial charge >= 0.3 is 0 Å². The summed E-state index contributed by atoms with van der Waals surface area (Å²) in [5, 5.41) is 8.21. The lowest BCUT2D eigenvalue weighted by atomic mass is 10.1. The summed E-state index contributed by atoms with van der Waals surface area (Å²) >= 11 is 1.54. The number of nitrogens with one attached hydrogen (secondary N) is 1. The van der Waals surface area contributed by atoms with Gasteiger partial charge < -0.3 is 10.1 Å². The molecule has 2 aromatic carbocycles. The Labute approximate surface area is 202 Å². The van der Waals surface area contributed by atoms with Gasteiger partial charge in [-0.05, 0) is 44.0 Å². The standard InChI is InChI=1S/C26H26N4O3S/c1-17-9-10-18(2)22(15-17)33-16-23(31)27-13-14-30-24(32)12-11-21(29-30)25-19(3)28-26(34-25)20-7-5-4-6-8-20/h4-12,15H,13-14,16H2,1-3H3,(H,27,31). The average molecular weight is 475 g/mol. The fraction of sp³-hybridized carbons (Fsp3) is 0.231. The number of hydrogen-bond acceptors (Lipinski definition) is 6. The topological polar surface area (TPSA) is 86.1 Å². The Bertz CT molecular complexity index is 1360. The van der Waals surface area contributed by atoms with Gasteiger partial charge in [0.05, 0.1) is 17.1 Å². The highest BCUT2D eigenvalue weighted by Crippen LogP contribution is 2.33. The van der Waals surface area contributed by atoms with E-state index in [2.05, 4.69) is 15.4 Å². The maximum Gasteiger partial charge on any atom is 0.266 e. The van der Waals surface area contributed by atoms with Crippen molar-refractivity contribution in [3.8, 4) is 26.9 Å². The Kier molecular flexibility index (Phi) is 7.18. The van der Waals surface area contributed by atoms with Crippen LogP contribution in [0.4, 0.5) is 0 Å². The molecule has 0 spiro atoms. The number of amides is 1. The average Bonchev–Trinajstić information content (AvgIpc) is 3.23. The lowest BCUT2D eigenvalue weighted by molar-refractivity contribution is -0.123. The van der Waals surface area contributed by atoms with E-state index in [1.54, 1.807) is 17.4 Å². The molecule has 0 atom stereocenters. The Morgan fingerprint density at radius 3 is 2.65 bits per heavy atom. The number of ether oxygens (including phenoxy) is 1. The van der Waals surface area contributed by atoms with Gasteiger partial charge in [-0.1, -0.05) is 42.5 Å². The van der Waals surface area contributed by atoms with Crippen LogP contribution in [0, 0.1) is 20.8 Å². The van der Waals surface area contributed by atoms with E-state index in [9.17, 15) is 9.59 Å². The van der Waals surface area contributed by atoms with Crippen LogP contribution in [0.5, 0.6) is 5.75 Å². The van der Waals surface area contributed by atoms with E-state index in [0.717, 1.165) is 32.3 Å². The molecule has 0 fully saturated rings.